The lowest BCUT2D eigenvalue weighted by Gasteiger charge is -2.12. The summed E-state index contributed by atoms with van der Waals surface area (Å²) in [5.41, 5.74) is 2.59. The third-order valence-electron chi connectivity index (χ3n) is 5.57. The van der Waals surface area contributed by atoms with Gasteiger partial charge in [-0.3, -0.25) is 4.68 Å². The first-order valence-electron chi connectivity index (χ1n) is 11.1. The van der Waals surface area contributed by atoms with Crippen LogP contribution < -0.4 is 5.32 Å². The number of anilines is 1. The molecule has 4 heterocycles. The second-order valence-corrected chi connectivity index (χ2v) is 8.92. The number of benzene rings is 1. The predicted molar refractivity (Wildman–Crippen MR) is 129 cm³/mol. The Kier molecular flexibility index (Phi) is 5.95. The average Bonchev–Trinajstić information content (AvgIpc) is 3.55. The van der Waals surface area contributed by atoms with Crippen LogP contribution in [-0.4, -0.2) is 29.5 Å². The van der Waals surface area contributed by atoms with Gasteiger partial charge in [0.2, 0.25) is 0 Å². The highest BCUT2D eigenvalue weighted by Gasteiger charge is 2.34. The third kappa shape index (κ3) is 4.41. The fourth-order valence-electron chi connectivity index (χ4n) is 3.85. The summed E-state index contributed by atoms with van der Waals surface area (Å²) in [7, 11) is 0. The number of aryl methyl sites for hydroxylation is 1. The van der Waals surface area contributed by atoms with E-state index in [2.05, 4.69) is 25.5 Å². The molecule has 0 aliphatic carbocycles. The predicted octanol–water partition coefficient (Wildman–Crippen LogP) is 6.45. The average molecular weight is 516 g/mol. The second-order valence-electron chi connectivity index (χ2n) is 8.51. The molecule has 0 saturated heterocycles. The Morgan fingerprint density at radius 1 is 1.11 bits per heavy atom. The lowest BCUT2D eigenvalue weighted by atomic mass is 10.2. The summed E-state index contributed by atoms with van der Waals surface area (Å²) in [6.07, 6.45) is -1.40. The van der Waals surface area contributed by atoms with E-state index >= 15 is 0 Å². The highest BCUT2D eigenvalue weighted by molar-refractivity contribution is 6.32. The number of nitrogens with zero attached hydrogens (tertiary/aromatic N) is 6. The summed E-state index contributed by atoms with van der Waals surface area (Å²) >= 11 is 6.40. The lowest BCUT2D eigenvalue weighted by Crippen LogP contribution is -2.09. The molecule has 12 heteroatoms. The topological polar surface area (TPSA) is 86.6 Å². The molecule has 186 valence electrons. The van der Waals surface area contributed by atoms with Crippen molar-refractivity contribution in [1.29, 1.82) is 0 Å². The molecule has 36 heavy (non-hydrogen) atoms. The first-order valence-corrected chi connectivity index (χ1v) is 11.5. The number of aromatic nitrogens is 6. The minimum absolute atomic E-state index is 0.0525. The number of nitrogens with one attached hydrogen (secondary N) is 1. The molecule has 0 atom stereocenters. The molecule has 0 bridgehead atoms. The maximum Gasteiger partial charge on any atom is 0.435 e. The van der Waals surface area contributed by atoms with Crippen LogP contribution in [0.2, 0.25) is 5.02 Å². The first-order chi connectivity index (χ1) is 17.1. The number of halogens is 4. The number of fused-ring (bicyclic) bond motifs is 1. The molecule has 0 radical (unpaired) electrons. The van der Waals surface area contributed by atoms with Gasteiger partial charge in [-0.05, 0) is 44.5 Å². The van der Waals surface area contributed by atoms with E-state index in [4.69, 9.17) is 16.0 Å². The van der Waals surface area contributed by atoms with Gasteiger partial charge in [-0.15, -0.1) is 0 Å². The summed E-state index contributed by atoms with van der Waals surface area (Å²) in [5.74, 6) is 0.891. The minimum atomic E-state index is -4.50. The van der Waals surface area contributed by atoms with E-state index < -0.39 is 11.9 Å². The van der Waals surface area contributed by atoms with Crippen molar-refractivity contribution < 1.29 is 17.6 Å². The molecule has 5 rings (SSSR count). The quantitative estimate of drug-likeness (QED) is 0.280. The van der Waals surface area contributed by atoms with Crippen molar-refractivity contribution in [1.82, 2.24) is 29.5 Å². The van der Waals surface area contributed by atoms with Crippen molar-refractivity contribution in [3.63, 3.8) is 0 Å². The van der Waals surface area contributed by atoms with Crippen LogP contribution in [-0.2, 0) is 12.7 Å². The summed E-state index contributed by atoms with van der Waals surface area (Å²) in [6.45, 7) is 5.94. The first kappa shape index (κ1) is 23.9. The van der Waals surface area contributed by atoms with E-state index in [0.717, 1.165) is 11.6 Å². The molecule has 1 N–H and O–H groups in total. The zero-order chi connectivity index (χ0) is 25.6. The van der Waals surface area contributed by atoms with Crippen LogP contribution >= 0.6 is 11.6 Å². The Labute approximate surface area is 208 Å². The molecule has 8 nitrogen and oxygen atoms in total. The second kappa shape index (κ2) is 8.98. The normalized spacial score (nSPS) is 12.1. The van der Waals surface area contributed by atoms with Gasteiger partial charge in [0.1, 0.15) is 11.2 Å². The van der Waals surface area contributed by atoms with E-state index in [1.165, 1.54) is 10.9 Å². The summed E-state index contributed by atoms with van der Waals surface area (Å²) in [5, 5.41) is 11.7. The zero-order valence-electron chi connectivity index (χ0n) is 19.5. The molecular weight excluding hydrogens is 495 g/mol. The minimum Gasteiger partial charge on any atom is -0.459 e. The van der Waals surface area contributed by atoms with Gasteiger partial charge in [0, 0.05) is 24.3 Å². The summed E-state index contributed by atoms with van der Waals surface area (Å²) < 4.78 is 47.6. The third-order valence-corrected chi connectivity index (χ3v) is 5.85. The molecule has 4 aromatic heterocycles. The van der Waals surface area contributed by atoms with E-state index in [9.17, 15) is 13.2 Å². The molecule has 0 spiro atoms. The van der Waals surface area contributed by atoms with Crippen LogP contribution in [0.5, 0.6) is 0 Å². The smallest absolute Gasteiger partial charge is 0.435 e. The molecule has 0 saturated carbocycles. The van der Waals surface area contributed by atoms with Crippen LogP contribution in [0.15, 0.2) is 53.3 Å². The summed E-state index contributed by atoms with van der Waals surface area (Å²) in [6, 6.07) is 9.86. The highest BCUT2D eigenvalue weighted by Crippen LogP contribution is 2.32. The zero-order valence-corrected chi connectivity index (χ0v) is 20.3. The van der Waals surface area contributed by atoms with E-state index in [1.54, 1.807) is 36.0 Å². The fourth-order valence-corrected chi connectivity index (χ4v) is 4.06. The Morgan fingerprint density at radius 3 is 2.53 bits per heavy atom. The van der Waals surface area contributed by atoms with Gasteiger partial charge in [-0.1, -0.05) is 23.7 Å². The Hall–Kier alpha value is -3.86. The van der Waals surface area contributed by atoms with Crippen LogP contribution in [0, 0.1) is 6.92 Å². The Balaban J connectivity index is 1.41. The van der Waals surface area contributed by atoms with Crippen molar-refractivity contribution in [2.24, 2.45) is 0 Å². The molecule has 0 fully saturated rings. The van der Waals surface area contributed by atoms with Gasteiger partial charge in [0.05, 0.1) is 23.2 Å². The SMILES string of the molecule is Cc1cc(C(F)(F)F)nn1-c1ccc(CNc2nc(-c3c(Cl)cnn3C(C)C)nc3ccoc23)cc1. The van der Waals surface area contributed by atoms with Crippen LogP contribution in [0.1, 0.15) is 36.8 Å². The monoisotopic (exact) mass is 515 g/mol. The van der Waals surface area contributed by atoms with E-state index in [1.807, 2.05) is 26.0 Å². The number of hydrogen-bond donors (Lipinski definition) is 1. The standard InChI is InChI=1S/C24H21ClF3N7O/c1-13(2)34-20(17(25)12-30-34)22-31-18-8-9-36-21(18)23(32-22)29-11-15-4-6-16(7-5-15)35-14(3)10-19(33-35)24(26,27)28/h4-10,12-13H,11H2,1-3H3,(H,29,31,32). The van der Waals surface area contributed by atoms with Crippen molar-refractivity contribution in [2.75, 3.05) is 5.32 Å². The van der Waals surface area contributed by atoms with Crippen LogP contribution in [0.25, 0.3) is 28.3 Å². The van der Waals surface area contributed by atoms with Gasteiger partial charge in [-0.2, -0.15) is 23.4 Å². The van der Waals surface area contributed by atoms with Crippen LogP contribution in [0.4, 0.5) is 19.0 Å². The van der Waals surface area contributed by atoms with Crippen molar-refractivity contribution >= 4 is 28.5 Å². The lowest BCUT2D eigenvalue weighted by molar-refractivity contribution is -0.141. The molecule has 1 aromatic carbocycles. The van der Waals surface area contributed by atoms with Gasteiger partial charge in [-0.25, -0.2) is 14.6 Å². The molecule has 5 aromatic rings. The fraction of sp³-hybridized carbons (Fsp3) is 0.250. The number of hydrogen-bond acceptors (Lipinski definition) is 6. The van der Waals surface area contributed by atoms with E-state index in [0.29, 0.717) is 51.4 Å². The molecule has 0 unspecified atom stereocenters. The van der Waals surface area contributed by atoms with Gasteiger partial charge in [0.25, 0.3) is 0 Å². The summed E-state index contributed by atoms with van der Waals surface area (Å²) in [4.78, 5) is 9.25. The maximum absolute atomic E-state index is 13.0. The van der Waals surface area contributed by atoms with Crippen molar-refractivity contribution in [3.05, 3.63) is 70.8 Å². The van der Waals surface area contributed by atoms with Gasteiger partial charge in [0.15, 0.2) is 22.9 Å². The molecule has 0 aliphatic rings. The number of rotatable bonds is 6. The van der Waals surface area contributed by atoms with E-state index in [-0.39, 0.29) is 6.04 Å². The molecule has 0 aliphatic heterocycles. The largest absolute Gasteiger partial charge is 0.459 e. The van der Waals surface area contributed by atoms with Gasteiger partial charge >= 0.3 is 6.18 Å². The number of furan rings is 1. The molecule has 0 amide bonds. The Morgan fingerprint density at radius 2 is 1.86 bits per heavy atom. The number of alkyl halides is 3. The van der Waals surface area contributed by atoms with Crippen molar-refractivity contribution in [2.45, 2.75) is 39.5 Å². The van der Waals surface area contributed by atoms with Crippen LogP contribution in [0.3, 0.4) is 0 Å². The Bertz CT molecular complexity index is 1530. The van der Waals surface area contributed by atoms with Gasteiger partial charge < -0.3 is 9.73 Å². The highest BCUT2D eigenvalue weighted by atomic mass is 35.5. The maximum atomic E-state index is 13.0. The molecular formula is C24H21ClF3N7O. The van der Waals surface area contributed by atoms with Crippen molar-refractivity contribution in [3.8, 4) is 17.2 Å².